The molecule has 0 aromatic heterocycles. The van der Waals surface area contributed by atoms with E-state index in [0.717, 1.165) is 35.3 Å². The number of rotatable bonds is 13. The van der Waals surface area contributed by atoms with Gasteiger partial charge in [0.1, 0.15) is 11.8 Å². The molecule has 42 heavy (non-hydrogen) atoms. The maximum absolute atomic E-state index is 13.5. The van der Waals surface area contributed by atoms with Crippen LogP contribution in [0.1, 0.15) is 42.9 Å². The Hall–Kier alpha value is -3.40. The molecule has 2 amide bonds. The molecule has 0 unspecified atom stereocenters. The number of nitrogens with zero attached hydrogens (tertiary/aromatic N) is 2. The smallest absolute Gasteiger partial charge is 0.243 e. The fourth-order valence-electron chi connectivity index (χ4n) is 4.94. The molecular formula is C32H38ClN3O5S. The van der Waals surface area contributed by atoms with E-state index in [-0.39, 0.29) is 29.7 Å². The highest BCUT2D eigenvalue weighted by Crippen LogP contribution is 2.22. The van der Waals surface area contributed by atoms with Gasteiger partial charge in [0.15, 0.2) is 0 Å². The summed E-state index contributed by atoms with van der Waals surface area (Å²) in [6, 6.07) is 20.9. The molecule has 1 fully saturated rings. The average molecular weight is 612 g/mol. The monoisotopic (exact) mass is 611 g/mol. The van der Waals surface area contributed by atoms with Gasteiger partial charge in [0.2, 0.25) is 21.8 Å². The van der Waals surface area contributed by atoms with Gasteiger partial charge in [-0.1, -0.05) is 48.0 Å². The second-order valence-corrected chi connectivity index (χ2v) is 12.8. The number of hydrogen-bond donors (Lipinski definition) is 1. The summed E-state index contributed by atoms with van der Waals surface area (Å²) in [7, 11) is -1.87. The van der Waals surface area contributed by atoms with Crippen molar-refractivity contribution in [2.24, 2.45) is 0 Å². The molecule has 4 rings (SSSR count). The summed E-state index contributed by atoms with van der Waals surface area (Å²) in [5.41, 5.74) is 2.78. The Morgan fingerprint density at radius 1 is 0.905 bits per heavy atom. The van der Waals surface area contributed by atoms with Crippen LogP contribution in [0.25, 0.3) is 0 Å². The van der Waals surface area contributed by atoms with E-state index >= 15 is 0 Å². The van der Waals surface area contributed by atoms with Crippen LogP contribution in [0.4, 0.5) is 0 Å². The van der Waals surface area contributed by atoms with Crippen LogP contribution in [-0.2, 0) is 39.0 Å². The highest BCUT2D eigenvalue weighted by molar-refractivity contribution is 7.89. The third-order valence-corrected chi connectivity index (χ3v) is 9.72. The summed E-state index contributed by atoms with van der Waals surface area (Å²) in [6.45, 7) is 3.53. The van der Waals surface area contributed by atoms with Gasteiger partial charge in [-0.25, -0.2) is 8.42 Å². The summed E-state index contributed by atoms with van der Waals surface area (Å²) >= 11 is 6.05. The molecule has 0 spiro atoms. The van der Waals surface area contributed by atoms with Gasteiger partial charge in [-0.05, 0) is 85.7 Å². The van der Waals surface area contributed by atoms with E-state index < -0.39 is 16.1 Å². The third-order valence-electron chi connectivity index (χ3n) is 7.56. The van der Waals surface area contributed by atoms with Crippen LogP contribution in [-0.4, -0.2) is 62.2 Å². The average Bonchev–Trinajstić information content (AvgIpc) is 3.56. The first-order valence-corrected chi connectivity index (χ1v) is 16.0. The predicted molar refractivity (Wildman–Crippen MR) is 164 cm³/mol. The zero-order chi connectivity index (χ0) is 30.1. The number of amides is 2. The van der Waals surface area contributed by atoms with Crippen LogP contribution in [0.2, 0.25) is 5.02 Å². The SMILES string of the molecule is COc1ccc(CCNC(=O)[C@@H](C)N(Cc2ccc(Cl)cc2)C(=O)CCc2ccc(S(=O)(=O)N3CCCC3)cc2)cc1. The third kappa shape index (κ3) is 8.33. The molecule has 1 heterocycles. The highest BCUT2D eigenvalue weighted by atomic mass is 35.5. The van der Waals surface area contributed by atoms with Gasteiger partial charge in [-0.2, -0.15) is 4.31 Å². The zero-order valence-corrected chi connectivity index (χ0v) is 25.7. The van der Waals surface area contributed by atoms with Crippen LogP contribution < -0.4 is 10.1 Å². The topological polar surface area (TPSA) is 96.0 Å². The summed E-state index contributed by atoms with van der Waals surface area (Å²) in [6.07, 6.45) is 3.01. The number of carbonyl (C=O) groups is 2. The van der Waals surface area contributed by atoms with Crippen molar-refractivity contribution < 1.29 is 22.7 Å². The fraction of sp³-hybridized carbons (Fsp3) is 0.375. The number of carbonyl (C=O) groups excluding carboxylic acids is 2. The van der Waals surface area contributed by atoms with Crippen molar-refractivity contribution in [3.8, 4) is 5.75 Å². The molecule has 0 radical (unpaired) electrons. The Balaban J connectivity index is 1.38. The number of nitrogens with one attached hydrogen (secondary N) is 1. The Labute approximate surface area is 253 Å². The lowest BCUT2D eigenvalue weighted by Crippen LogP contribution is -2.48. The lowest BCUT2D eigenvalue weighted by molar-refractivity contribution is -0.140. The van der Waals surface area contributed by atoms with E-state index in [1.165, 1.54) is 4.31 Å². The number of sulfonamides is 1. The Morgan fingerprint density at radius 2 is 1.48 bits per heavy atom. The van der Waals surface area contributed by atoms with Gasteiger partial charge in [-0.15, -0.1) is 0 Å². The lowest BCUT2D eigenvalue weighted by Gasteiger charge is -2.29. The number of aryl methyl sites for hydroxylation is 1. The molecule has 1 aliphatic heterocycles. The molecule has 1 aliphatic rings. The van der Waals surface area contributed by atoms with Crippen LogP contribution in [0.5, 0.6) is 5.75 Å². The van der Waals surface area contributed by atoms with Gasteiger partial charge < -0.3 is 15.0 Å². The number of hydrogen-bond acceptors (Lipinski definition) is 5. The molecule has 3 aromatic carbocycles. The van der Waals surface area contributed by atoms with E-state index in [4.69, 9.17) is 16.3 Å². The van der Waals surface area contributed by atoms with Crippen LogP contribution in [0.15, 0.2) is 77.7 Å². The second-order valence-electron chi connectivity index (χ2n) is 10.5. The molecule has 0 bridgehead atoms. The van der Waals surface area contributed by atoms with Crippen LogP contribution >= 0.6 is 11.6 Å². The maximum atomic E-state index is 13.5. The molecule has 1 saturated heterocycles. The summed E-state index contributed by atoms with van der Waals surface area (Å²) in [5, 5.41) is 3.55. The van der Waals surface area contributed by atoms with Gasteiger partial charge in [0, 0.05) is 37.6 Å². The van der Waals surface area contributed by atoms with Crippen molar-refractivity contribution in [1.82, 2.24) is 14.5 Å². The van der Waals surface area contributed by atoms with Crippen molar-refractivity contribution in [3.05, 3.63) is 94.5 Å². The summed E-state index contributed by atoms with van der Waals surface area (Å²) in [4.78, 5) is 28.5. The van der Waals surface area contributed by atoms with Gasteiger partial charge in [-0.3, -0.25) is 9.59 Å². The van der Waals surface area contributed by atoms with E-state index in [0.29, 0.717) is 37.5 Å². The number of benzene rings is 3. The predicted octanol–water partition coefficient (Wildman–Crippen LogP) is 4.84. The minimum absolute atomic E-state index is 0.170. The quantitative estimate of drug-likeness (QED) is 0.298. The van der Waals surface area contributed by atoms with Gasteiger partial charge in [0.25, 0.3) is 0 Å². The normalized spacial score (nSPS) is 14.4. The van der Waals surface area contributed by atoms with Crippen LogP contribution in [0, 0.1) is 0 Å². The molecular weight excluding hydrogens is 574 g/mol. The van der Waals surface area contributed by atoms with E-state index in [1.54, 1.807) is 55.3 Å². The van der Waals surface area contributed by atoms with Gasteiger partial charge >= 0.3 is 0 Å². The summed E-state index contributed by atoms with van der Waals surface area (Å²) in [5.74, 6) is 0.370. The van der Waals surface area contributed by atoms with Crippen LogP contribution in [0.3, 0.4) is 0 Å². The molecule has 1 N–H and O–H groups in total. The first-order chi connectivity index (χ1) is 20.2. The zero-order valence-electron chi connectivity index (χ0n) is 24.1. The van der Waals surface area contributed by atoms with Crippen molar-refractivity contribution in [1.29, 1.82) is 0 Å². The second kappa shape index (κ2) is 14.7. The Morgan fingerprint density at radius 3 is 2.10 bits per heavy atom. The standard InChI is InChI=1S/C32H38ClN3O5S/c1-24(32(38)34-20-19-26-7-14-29(41-2)15-8-26)36(23-27-5-12-28(33)13-6-27)31(37)18-11-25-9-16-30(17-10-25)42(39,40)35-21-3-4-22-35/h5-10,12-17,24H,3-4,11,18-23H2,1-2H3,(H,34,38)/t24-/m1/s1. The maximum Gasteiger partial charge on any atom is 0.243 e. The first-order valence-electron chi connectivity index (χ1n) is 14.2. The minimum atomic E-state index is -3.49. The molecule has 8 nitrogen and oxygen atoms in total. The molecule has 10 heteroatoms. The number of halogens is 1. The Kier molecular flexibility index (Phi) is 11.0. The Bertz CT molecular complexity index is 1440. The first kappa shape index (κ1) is 31.5. The van der Waals surface area contributed by atoms with Crippen molar-refractivity contribution in [2.75, 3.05) is 26.7 Å². The van der Waals surface area contributed by atoms with E-state index in [2.05, 4.69) is 5.32 Å². The molecule has 0 saturated carbocycles. The van der Waals surface area contributed by atoms with Crippen molar-refractivity contribution in [3.63, 3.8) is 0 Å². The lowest BCUT2D eigenvalue weighted by atomic mass is 10.1. The number of methoxy groups -OCH3 is 1. The minimum Gasteiger partial charge on any atom is -0.497 e. The molecule has 1 atom stereocenters. The van der Waals surface area contributed by atoms with E-state index in [1.807, 2.05) is 36.4 Å². The fourth-order valence-corrected chi connectivity index (χ4v) is 6.58. The number of ether oxygens (including phenoxy) is 1. The molecule has 0 aliphatic carbocycles. The largest absolute Gasteiger partial charge is 0.497 e. The highest BCUT2D eigenvalue weighted by Gasteiger charge is 2.28. The molecule has 3 aromatic rings. The molecule has 224 valence electrons. The van der Waals surface area contributed by atoms with Gasteiger partial charge in [0.05, 0.1) is 12.0 Å². The van der Waals surface area contributed by atoms with Crippen molar-refractivity contribution >= 4 is 33.4 Å². The van der Waals surface area contributed by atoms with E-state index in [9.17, 15) is 18.0 Å². The summed E-state index contributed by atoms with van der Waals surface area (Å²) < 4.78 is 32.4. The van der Waals surface area contributed by atoms with Crippen molar-refractivity contribution in [2.45, 2.75) is 56.5 Å².